The highest BCUT2D eigenvalue weighted by atomic mass is 127. The van der Waals surface area contributed by atoms with Crippen molar-refractivity contribution in [2.45, 2.75) is 50.4 Å². The minimum atomic E-state index is 0. The molecule has 0 radical (unpaired) electrons. The number of halogens is 1. The summed E-state index contributed by atoms with van der Waals surface area (Å²) in [6.07, 6.45) is 4.01. The smallest absolute Gasteiger partial charge is 0.191 e. The Labute approximate surface area is 188 Å². The van der Waals surface area contributed by atoms with E-state index in [-0.39, 0.29) is 30.0 Å². The van der Waals surface area contributed by atoms with Gasteiger partial charge in [-0.1, -0.05) is 12.1 Å². The molecular formula is C19H29IN6OS. The Morgan fingerprint density at radius 1 is 1.36 bits per heavy atom. The Morgan fingerprint density at radius 3 is 2.82 bits per heavy atom. The minimum absolute atomic E-state index is 0. The second-order valence-corrected chi connectivity index (χ2v) is 7.36. The van der Waals surface area contributed by atoms with Crippen LogP contribution in [-0.4, -0.2) is 46.7 Å². The first kappa shape index (κ1) is 23.0. The molecule has 0 saturated carbocycles. The number of methoxy groups -OCH3 is 1. The van der Waals surface area contributed by atoms with Crippen LogP contribution in [0.2, 0.25) is 0 Å². The molecule has 1 atom stereocenters. The molecule has 2 heterocycles. The van der Waals surface area contributed by atoms with E-state index in [0.29, 0.717) is 13.2 Å². The van der Waals surface area contributed by atoms with E-state index >= 15 is 0 Å². The molecule has 0 fully saturated rings. The molecule has 0 amide bonds. The number of aliphatic imine (C=N–C) groups is 1. The Hall–Kier alpha value is -1.33. The third-order valence-corrected chi connectivity index (χ3v) is 5.18. The first-order valence-corrected chi connectivity index (χ1v) is 10.5. The van der Waals surface area contributed by atoms with Crippen LogP contribution < -0.4 is 10.6 Å². The van der Waals surface area contributed by atoms with Crippen LogP contribution in [0.15, 0.2) is 34.2 Å². The SMILES string of the molecule is CCNC(=NCc1ccc(SC)cc1)NC1CCc2nc(COC)nn2C1.I. The largest absolute Gasteiger partial charge is 0.377 e. The standard InChI is InChI=1S/C19H28N6OS.HI/c1-4-20-19(21-11-14-5-8-16(27-3)9-6-14)22-15-7-10-18-23-17(13-26-2)24-25(18)12-15;/h5-6,8-9,15H,4,7,10-13H2,1-3H3,(H2,20,21,22);1H. The van der Waals surface area contributed by atoms with Gasteiger partial charge in [-0.3, -0.25) is 0 Å². The molecule has 2 aromatic rings. The number of hydrogen-bond donors (Lipinski definition) is 2. The van der Waals surface area contributed by atoms with Crippen LogP contribution in [-0.2, 0) is 30.9 Å². The van der Waals surface area contributed by atoms with Gasteiger partial charge >= 0.3 is 0 Å². The fraction of sp³-hybridized carbons (Fsp3) is 0.526. The molecule has 1 aromatic carbocycles. The highest BCUT2D eigenvalue weighted by molar-refractivity contribution is 14.0. The van der Waals surface area contributed by atoms with Crippen LogP contribution in [0.1, 0.15) is 30.6 Å². The molecule has 0 spiro atoms. The van der Waals surface area contributed by atoms with Crippen LogP contribution in [0, 0.1) is 0 Å². The van der Waals surface area contributed by atoms with E-state index in [9.17, 15) is 0 Å². The summed E-state index contributed by atoms with van der Waals surface area (Å²) < 4.78 is 7.12. The number of aromatic nitrogens is 3. The van der Waals surface area contributed by atoms with Gasteiger partial charge in [0.05, 0.1) is 13.1 Å². The zero-order valence-electron chi connectivity index (χ0n) is 16.6. The molecule has 1 aliphatic heterocycles. The lowest BCUT2D eigenvalue weighted by atomic mass is 10.1. The van der Waals surface area contributed by atoms with Gasteiger partial charge in [0, 0.05) is 31.0 Å². The van der Waals surface area contributed by atoms with Crippen molar-refractivity contribution in [3.8, 4) is 0 Å². The number of nitrogens with one attached hydrogen (secondary N) is 2. The Kier molecular flexibility index (Phi) is 9.52. The Morgan fingerprint density at radius 2 is 2.14 bits per heavy atom. The quantitative estimate of drug-likeness (QED) is 0.255. The zero-order chi connectivity index (χ0) is 19.1. The van der Waals surface area contributed by atoms with Gasteiger partial charge in [-0.25, -0.2) is 14.7 Å². The number of fused-ring (bicyclic) bond motifs is 1. The lowest BCUT2D eigenvalue weighted by Gasteiger charge is -2.25. The third kappa shape index (κ3) is 6.35. The summed E-state index contributed by atoms with van der Waals surface area (Å²) in [6, 6.07) is 8.84. The van der Waals surface area contributed by atoms with Gasteiger partial charge < -0.3 is 15.4 Å². The second-order valence-electron chi connectivity index (χ2n) is 6.48. The highest BCUT2D eigenvalue weighted by Gasteiger charge is 2.22. The van der Waals surface area contributed by atoms with E-state index in [1.807, 2.05) is 4.68 Å². The molecule has 0 bridgehead atoms. The van der Waals surface area contributed by atoms with Crippen LogP contribution in [0.25, 0.3) is 0 Å². The molecule has 0 saturated heterocycles. The molecule has 1 aromatic heterocycles. The number of ether oxygens (including phenoxy) is 1. The van der Waals surface area contributed by atoms with Crippen LogP contribution >= 0.6 is 35.7 Å². The van der Waals surface area contributed by atoms with Crippen molar-refractivity contribution in [3.05, 3.63) is 41.5 Å². The number of aryl methyl sites for hydroxylation is 1. The van der Waals surface area contributed by atoms with Gasteiger partial charge in [0.15, 0.2) is 11.8 Å². The summed E-state index contributed by atoms with van der Waals surface area (Å²) in [5.74, 6) is 2.63. The zero-order valence-corrected chi connectivity index (χ0v) is 19.8. The average molecular weight is 516 g/mol. The normalized spacial score (nSPS) is 16.2. The summed E-state index contributed by atoms with van der Waals surface area (Å²) in [6.45, 7) is 4.81. The van der Waals surface area contributed by atoms with E-state index in [0.717, 1.165) is 43.5 Å². The van der Waals surface area contributed by atoms with Gasteiger partial charge in [-0.05, 0) is 37.3 Å². The summed E-state index contributed by atoms with van der Waals surface area (Å²) in [4.78, 5) is 10.5. The average Bonchev–Trinajstić information content (AvgIpc) is 3.08. The maximum absolute atomic E-state index is 5.13. The molecular weight excluding hydrogens is 487 g/mol. The van der Waals surface area contributed by atoms with Gasteiger partial charge in [0.25, 0.3) is 0 Å². The van der Waals surface area contributed by atoms with Crippen molar-refractivity contribution in [2.75, 3.05) is 19.9 Å². The van der Waals surface area contributed by atoms with Crippen LogP contribution in [0.3, 0.4) is 0 Å². The maximum Gasteiger partial charge on any atom is 0.191 e. The molecule has 9 heteroatoms. The van der Waals surface area contributed by atoms with Gasteiger partial charge in [-0.15, -0.1) is 35.7 Å². The molecule has 3 rings (SSSR count). The lowest BCUT2D eigenvalue weighted by Crippen LogP contribution is -2.47. The number of rotatable bonds is 7. The molecule has 2 N–H and O–H groups in total. The number of guanidine groups is 1. The number of thioether (sulfide) groups is 1. The molecule has 7 nitrogen and oxygen atoms in total. The van der Waals surface area contributed by atoms with Crippen molar-refractivity contribution in [1.29, 1.82) is 0 Å². The van der Waals surface area contributed by atoms with Gasteiger partial charge in [0.2, 0.25) is 0 Å². The van der Waals surface area contributed by atoms with Gasteiger partial charge in [0.1, 0.15) is 12.4 Å². The highest BCUT2D eigenvalue weighted by Crippen LogP contribution is 2.16. The van der Waals surface area contributed by atoms with Crippen molar-refractivity contribution < 1.29 is 4.74 Å². The van der Waals surface area contributed by atoms with Crippen LogP contribution in [0.4, 0.5) is 0 Å². The summed E-state index contributed by atoms with van der Waals surface area (Å²) >= 11 is 1.75. The van der Waals surface area contributed by atoms with Crippen molar-refractivity contribution in [3.63, 3.8) is 0 Å². The number of benzene rings is 1. The lowest BCUT2D eigenvalue weighted by molar-refractivity contribution is 0.177. The summed E-state index contributed by atoms with van der Waals surface area (Å²) in [5, 5.41) is 11.4. The van der Waals surface area contributed by atoms with Crippen molar-refractivity contribution in [1.82, 2.24) is 25.4 Å². The van der Waals surface area contributed by atoms with E-state index in [2.05, 4.69) is 58.2 Å². The molecule has 154 valence electrons. The van der Waals surface area contributed by atoms with E-state index in [1.54, 1.807) is 18.9 Å². The van der Waals surface area contributed by atoms with E-state index in [4.69, 9.17) is 9.73 Å². The molecule has 1 unspecified atom stereocenters. The Balaban J connectivity index is 0.00000280. The molecule has 0 aliphatic carbocycles. The predicted octanol–water partition coefficient (Wildman–Crippen LogP) is 2.83. The van der Waals surface area contributed by atoms with Crippen LogP contribution in [0.5, 0.6) is 0 Å². The predicted molar refractivity (Wildman–Crippen MR) is 124 cm³/mol. The number of hydrogen-bond acceptors (Lipinski definition) is 5. The van der Waals surface area contributed by atoms with E-state index < -0.39 is 0 Å². The molecule has 28 heavy (non-hydrogen) atoms. The third-order valence-electron chi connectivity index (χ3n) is 4.44. The topological polar surface area (TPSA) is 76.4 Å². The second kappa shape index (κ2) is 11.6. The van der Waals surface area contributed by atoms with E-state index in [1.165, 1.54) is 10.5 Å². The minimum Gasteiger partial charge on any atom is -0.377 e. The summed E-state index contributed by atoms with van der Waals surface area (Å²) in [5.41, 5.74) is 1.21. The monoisotopic (exact) mass is 516 g/mol. The summed E-state index contributed by atoms with van der Waals surface area (Å²) in [7, 11) is 1.66. The Bertz CT molecular complexity index is 764. The maximum atomic E-state index is 5.13. The van der Waals surface area contributed by atoms with Gasteiger partial charge in [-0.2, -0.15) is 5.10 Å². The van der Waals surface area contributed by atoms with Crippen molar-refractivity contribution >= 4 is 41.7 Å². The first-order valence-electron chi connectivity index (χ1n) is 9.31. The fourth-order valence-corrected chi connectivity index (χ4v) is 3.49. The number of nitrogens with zero attached hydrogens (tertiary/aromatic N) is 4. The van der Waals surface area contributed by atoms with Crippen molar-refractivity contribution in [2.24, 2.45) is 4.99 Å². The first-order chi connectivity index (χ1) is 13.2. The molecule has 1 aliphatic rings. The fourth-order valence-electron chi connectivity index (χ4n) is 3.08.